The van der Waals surface area contributed by atoms with E-state index in [2.05, 4.69) is 0 Å². The van der Waals surface area contributed by atoms with Crippen LogP contribution in [-0.4, -0.2) is 53.3 Å². The minimum absolute atomic E-state index is 0.0442. The van der Waals surface area contributed by atoms with Gasteiger partial charge in [-0.1, -0.05) is 0 Å². The molecule has 2 amide bonds. The van der Waals surface area contributed by atoms with Crippen molar-refractivity contribution in [3.8, 4) is 0 Å². The Kier molecular flexibility index (Phi) is 5.13. The van der Waals surface area contributed by atoms with E-state index in [0.717, 1.165) is 0 Å². The molecule has 132 valence electrons. The molecule has 1 aromatic carbocycles. The number of likely N-dealkylation sites (N-methyl/N-ethyl adjacent to an activating group) is 1. The lowest BCUT2D eigenvalue weighted by atomic mass is 10.1. The summed E-state index contributed by atoms with van der Waals surface area (Å²) in [6.07, 6.45) is -1.28. The molecule has 1 heterocycles. The lowest BCUT2D eigenvalue weighted by Gasteiger charge is -2.30. The number of likely N-dealkylation sites (tertiary alicyclic amines) is 1. The molecule has 1 aromatic rings. The van der Waals surface area contributed by atoms with Crippen molar-refractivity contribution in [1.29, 1.82) is 0 Å². The van der Waals surface area contributed by atoms with E-state index in [0.29, 0.717) is 5.69 Å². The van der Waals surface area contributed by atoms with Gasteiger partial charge in [0, 0.05) is 19.2 Å². The SMILES string of the molecule is CN(C(=O)[C@H]1C[C@H](O)CN1C(=O)OC(C)(C)C)c1ccc(F)cc1. The molecule has 0 radical (unpaired) electrons. The summed E-state index contributed by atoms with van der Waals surface area (Å²) >= 11 is 0. The maximum absolute atomic E-state index is 13.0. The van der Waals surface area contributed by atoms with E-state index >= 15 is 0 Å². The zero-order valence-electron chi connectivity index (χ0n) is 14.3. The van der Waals surface area contributed by atoms with Crippen molar-refractivity contribution in [1.82, 2.24) is 4.90 Å². The van der Waals surface area contributed by atoms with Crippen LogP contribution in [0.5, 0.6) is 0 Å². The number of nitrogens with zero attached hydrogens (tertiary/aromatic N) is 2. The van der Waals surface area contributed by atoms with Crippen molar-refractivity contribution >= 4 is 17.7 Å². The Morgan fingerprint density at radius 3 is 2.42 bits per heavy atom. The molecule has 0 saturated carbocycles. The Bertz CT molecular complexity index is 612. The van der Waals surface area contributed by atoms with Crippen LogP contribution in [0.25, 0.3) is 0 Å². The summed E-state index contributed by atoms with van der Waals surface area (Å²) < 4.78 is 18.3. The number of anilines is 1. The molecular formula is C17H23FN2O4. The maximum atomic E-state index is 13.0. The summed E-state index contributed by atoms with van der Waals surface area (Å²) in [5.41, 5.74) is -0.187. The fraction of sp³-hybridized carbons (Fsp3) is 0.529. The number of ether oxygens (including phenoxy) is 1. The van der Waals surface area contributed by atoms with Gasteiger partial charge in [-0.05, 0) is 45.0 Å². The third kappa shape index (κ3) is 4.23. The summed E-state index contributed by atoms with van der Waals surface area (Å²) in [4.78, 5) is 27.6. The second kappa shape index (κ2) is 6.76. The Labute approximate surface area is 140 Å². The van der Waals surface area contributed by atoms with E-state index in [4.69, 9.17) is 4.74 Å². The first kappa shape index (κ1) is 18.2. The van der Waals surface area contributed by atoms with E-state index in [-0.39, 0.29) is 18.9 Å². The van der Waals surface area contributed by atoms with Crippen molar-refractivity contribution < 1.29 is 23.8 Å². The topological polar surface area (TPSA) is 70.1 Å². The molecule has 0 aromatic heterocycles. The Hall–Kier alpha value is -2.15. The first-order chi connectivity index (χ1) is 11.1. The summed E-state index contributed by atoms with van der Waals surface area (Å²) in [6, 6.07) is 4.67. The first-order valence-corrected chi connectivity index (χ1v) is 7.79. The quantitative estimate of drug-likeness (QED) is 0.897. The monoisotopic (exact) mass is 338 g/mol. The largest absolute Gasteiger partial charge is 0.444 e. The molecule has 2 atom stereocenters. The predicted octanol–water partition coefficient (Wildman–Crippen LogP) is 2.16. The van der Waals surface area contributed by atoms with E-state index < -0.39 is 29.7 Å². The van der Waals surface area contributed by atoms with Gasteiger partial charge in [0.25, 0.3) is 0 Å². The molecule has 2 rings (SSSR count). The number of halogens is 1. The van der Waals surface area contributed by atoms with Crippen molar-refractivity contribution in [2.75, 3.05) is 18.5 Å². The number of aliphatic hydroxyl groups excluding tert-OH is 1. The molecule has 6 nitrogen and oxygen atoms in total. The molecule has 1 aliphatic heterocycles. The van der Waals surface area contributed by atoms with E-state index in [1.807, 2.05) is 0 Å². The lowest BCUT2D eigenvalue weighted by Crippen LogP contribution is -2.48. The fourth-order valence-electron chi connectivity index (χ4n) is 2.59. The number of amides is 2. The van der Waals surface area contributed by atoms with Crippen LogP contribution < -0.4 is 4.90 Å². The lowest BCUT2D eigenvalue weighted by molar-refractivity contribution is -0.122. The molecule has 1 aliphatic rings. The zero-order chi connectivity index (χ0) is 18.1. The number of rotatable bonds is 2. The average molecular weight is 338 g/mol. The second-order valence-electron chi connectivity index (χ2n) is 6.91. The van der Waals surface area contributed by atoms with Gasteiger partial charge in [-0.2, -0.15) is 0 Å². The van der Waals surface area contributed by atoms with Gasteiger partial charge < -0.3 is 14.7 Å². The third-order valence-corrected chi connectivity index (χ3v) is 3.74. The van der Waals surface area contributed by atoms with Crippen molar-refractivity contribution in [3.05, 3.63) is 30.1 Å². The normalized spacial score (nSPS) is 20.8. The van der Waals surface area contributed by atoms with Crippen LogP contribution in [0.1, 0.15) is 27.2 Å². The van der Waals surface area contributed by atoms with Gasteiger partial charge >= 0.3 is 6.09 Å². The fourth-order valence-corrected chi connectivity index (χ4v) is 2.59. The summed E-state index contributed by atoms with van der Waals surface area (Å²) in [5.74, 6) is -0.754. The highest BCUT2D eigenvalue weighted by molar-refractivity contribution is 5.98. The number of carbonyl (C=O) groups is 2. The Morgan fingerprint density at radius 1 is 1.29 bits per heavy atom. The minimum atomic E-state index is -0.815. The van der Waals surface area contributed by atoms with Crippen molar-refractivity contribution in [2.24, 2.45) is 0 Å². The molecule has 1 saturated heterocycles. The molecular weight excluding hydrogens is 315 g/mol. The molecule has 1 fully saturated rings. The van der Waals surface area contributed by atoms with Crippen molar-refractivity contribution in [2.45, 2.75) is 44.9 Å². The predicted molar refractivity (Wildman–Crippen MR) is 87.2 cm³/mol. The molecule has 24 heavy (non-hydrogen) atoms. The van der Waals surface area contributed by atoms with E-state index in [1.54, 1.807) is 27.8 Å². The molecule has 7 heteroatoms. The Morgan fingerprint density at radius 2 is 1.88 bits per heavy atom. The highest BCUT2D eigenvalue weighted by Crippen LogP contribution is 2.24. The van der Waals surface area contributed by atoms with Crippen LogP contribution in [0.15, 0.2) is 24.3 Å². The highest BCUT2D eigenvalue weighted by atomic mass is 19.1. The molecule has 0 unspecified atom stereocenters. The highest BCUT2D eigenvalue weighted by Gasteiger charge is 2.42. The molecule has 0 spiro atoms. The number of hydrogen-bond donors (Lipinski definition) is 1. The average Bonchev–Trinajstić information content (AvgIpc) is 2.87. The first-order valence-electron chi connectivity index (χ1n) is 7.79. The van der Waals surface area contributed by atoms with Crippen LogP contribution in [0.2, 0.25) is 0 Å². The molecule has 0 aliphatic carbocycles. The van der Waals surface area contributed by atoms with Crippen LogP contribution in [-0.2, 0) is 9.53 Å². The molecule has 1 N–H and O–H groups in total. The van der Waals surface area contributed by atoms with E-state index in [9.17, 15) is 19.1 Å². The number of benzene rings is 1. The number of aliphatic hydroxyl groups is 1. The van der Waals surface area contributed by atoms with Gasteiger partial charge in [-0.3, -0.25) is 9.69 Å². The number of hydrogen-bond acceptors (Lipinski definition) is 4. The Balaban J connectivity index is 2.16. The number of β-amino-alcohol motifs (C(OH)–C–C–N with tert-alkyl or cyclic N) is 1. The molecule has 0 bridgehead atoms. The summed E-state index contributed by atoms with van der Waals surface area (Å²) in [6.45, 7) is 5.25. The van der Waals surface area contributed by atoms with Gasteiger partial charge in [0.05, 0.1) is 12.6 Å². The van der Waals surface area contributed by atoms with Crippen LogP contribution in [0.4, 0.5) is 14.9 Å². The summed E-state index contributed by atoms with van der Waals surface area (Å²) in [5, 5.41) is 9.89. The van der Waals surface area contributed by atoms with Crippen LogP contribution >= 0.6 is 0 Å². The van der Waals surface area contributed by atoms with Gasteiger partial charge in [0.2, 0.25) is 5.91 Å². The van der Waals surface area contributed by atoms with Crippen molar-refractivity contribution in [3.63, 3.8) is 0 Å². The van der Waals surface area contributed by atoms with Gasteiger partial charge in [-0.25, -0.2) is 9.18 Å². The standard InChI is InChI=1S/C17H23FN2O4/c1-17(2,3)24-16(23)20-10-13(21)9-14(20)15(22)19(4)12-7-5-11(18)6-8-12/h5-8,13-14,21H,9-10H2,1-4H3/t13-,14+/m0/s1. The maximum Gasteiger partial charge on any atom is 0.411 e. The summed E-state index contributed by atoms with van der Waals surface area (Å²) in [7, 11) is 1.55. The minimum Gasteiger partial charge on any atom is -0.444 e. The smallest absolute Gasteiger partial charge is 0.411 e. The second-order valence-corrected chi connectivity index (χ2v) is 6.91. The van der Waals surface area contributed by atoms with Crippen LogP contribution in [0.3, 0.4) is 0 Å². The van der Waals surface area contributed by atoms with Gasteiger partial charge in [0.1, 0.15) is 17.5 Å². The van der Waals surface area contributed by atoms with E-state index in [1.165, 1.54) is 34.1 Å². The van der Waals surface area contributed by atoms with Gasteiger partial charge in [-0.15, -0.1) is 0 Å². The number of carbonyl (C=O) groups excluding carboxylic acids is 2. The van der Waals surface area contributed by atoms with Crippen LogP contribution in [0, 0.1) is 5.82 Å². The van der Waals surface area contributed by atoms with Gasteiger partial charge in [0.15, 0.2) is 0 Å². The zero-order valence-corrected chi connectivity index (χ0v) is 14.3. The third-order valence-electron chi connectivity index (χ3n) is 3.74.